The Kier molecular flexibility index (Phi) is 4.36. The van der Waals surface area contributed by atoms with Gasteiger partial charge < -0.3 is 10.4 Å². The zero-order valence-electron chi connectivity index (χ0n) is 11.6. The van der Waals surface area contributed by atoms with E-state index in [1.54, 1.807) is 20.0 Å². The number of aliphatic hydroxyl groups is 1. The van der Waals surface area contributed by atoms with Crippen molar-refractivity contribution in [2.45, 2.75) is 6.92 Å². The van der Waals surface area contributed by atoms with Crippen LogP contribution in [-0.2, 0) is 7.05 Å². The summed E-state index contributed by atoms with van der Waals surface area (Å²) in [6.07, 6.45) is 0. The largest absolute Gasteiger partial charge is 0.384 e. The molecular weight excluding hydrogens is 273 g/mol. The van der Waals surface area contributed by atoms with Gasteiger partial charge in [0.2, 0.25) is 0 Å². The number of aliphatic hydroxyl groups excluding tert-OH is 1. The van der Waals surface area contributed by atoms with Gasteiger partial charge in [0.05, 0.1) is 11.3 Å². The van der Waals surface area contributed by atoms with Crippen molar-refractivity contribution in [1.82, 2.24) is 9.78 Å². The quantitative estimate of drug-likeness (QED) is 0.822. The van der Waals surface area contributed by atoms with E-state index in [-0.39, 0.29) is 12.2 Å². The molecule has 21 heavy (non-hydrogen) atoms. The molecule has 0 radical (unpaired) electrons. The summed E-state index contributed by atoms with van der Waals surface area (Å²) in [6.45, 7) is 1.49. The fourth-order valence-electron chi connectivity index (χ4n) is 1.83. The molecule has 6 heteroatoms. The third-order valence-corrected chi connectivity index (χ3v) is 2.77. The van der Waals surface area contributed by atoms with E-state index in [2.05, 4.69) is 22.3 Å². The van der Waals surface area contributed by atoms with Crippen LogP contribution in [0.3, 0.4) is 0 Å². The molecule has 108 valence electrons. The predicted octanol–water partition coefficient (Wildman–Crippen LogP) is 1.46. The summed E-state index contributed by atoms with van der Waals surface area (Å²) in [5.41, 5.74) is 1.09. The fourth-order valence-corrected chi connectivity index (χ4v) is 1.83. The molecule has 0 unspecified atom stereocenters. The van der Waals surface area contributed by atoms with Gasteiger partial charge in [-0.25, -0.2) is 4.39 Å². The molecule has 0 saturated carbocycles. The Labute approximate surface area is 121 Å². The highest BCUT2D eigenvalue weighted by Gasteiger charge is 2.14. The van der Waals surface area contributed by atoms with Crippen LogP contribution in [0, 0.1) is 24.6 Å². The lowest BCUT2D eigenvalue weighted by atomic mass is 10.1. The molecule has 0 aliphatic heterocycles. The van der Waals surface area contributed by atoms with E-state index in [1.165, 1.54) is 22.9 Å². The van der Waals surface area contributed by atoms with Gasteiger partial charge in [-0.2, -0.15) is 5.10 Å². The van der Waals surface area contributed by atoms with Crippen LogP contribution in [0.5, 0.6) is 0 Å². The molecule has 2 aromatic rings. The molecule has 2 N–H and O–H groups in total. The number of benzene rings is 1. The van der Waals surface area contributed by atoms with E-state index < -0.39 is 11.7 Å². The van der Waals surface area contributed by atoms with Crippen molar-refractivity contribution >= 4 is 11.7 Å². The van der Waals surface area contributed by atoms with Gasteiger partial charge in [0.25, 0.3) is 5.91 Å². The molecule has 1 amide bonds. The van der Waals surface area contributed by atoms with Crippen molar-refractivity contribution in [1.29, 1.82) is 0 Å². The number of hydrogen-bond acceptors (Lipinski definition) is 3. The lowest BCUT2D eigenvalue weighted by molar-refractivity contribution is 0.102. The van der Waals surface area contributed by atoms with Crippen molar-refractivity contribution in [2.24, 2.45) is 7.05 Å². The van der Waals surface area contributed by atoms with E-state index in [0.717, 1.165) is 5.69 Å². The third-order valence-electron chi connectivity index (χ3n) is 2.77. The number of amides is 1. The highest BCUT2D eigenvalue weighted by Crippen LogP contribution is 2.14. The molecule has 0 atom stereocenters. The number of carbonyl (C=O) groups excluding carboxylic acids is 1. The van der Waals surface area contributed by atoms with Crippen LogP contribution in [0.2, 0.25) is 0 Å². The second-order valence-corrected chi connectivity index (χ2v) is 4.40. The normalized spacial score (nSPS) is 9.90. The first-order valence-corrected chi connectivity index (χ1v) is 6.22. The lowest BCUT2D eigenvalue weighted by Crippen LogP contribution is -2.16. The fraction of sp³-hybridized carbons (Fsp3) is 0.200. The van der Waals surface area contributed by atoms with Gasteiger partial charge in [0, 0.05) is 18.7 Å². The molecular formula is C15H14FN3O2. The van der Waals surface area contributed by atoms with Crippen molar-refractivity contribution < 1.29 is 14.3 Å². The summed E-state index contributed by atoms with van der Waals surface area (Å²) in [5.74, 6) is 4.34. The monoisotopic (exact) mass is 287 g/mol. The molecule has 0 aliphatic rings. The van der Waals surface area contributed by atoms with Gasteiger partial charge in [-0.1, -0.05) is 11.8 Å². The second kappa shape index (κ2) is 6.20. The minimum absolute atomic E-state index is 0.112. The first-order valence-electron chi connectivity index (χ1n) is 6.22. The van der Waals surface area contributed by atoms with Crippen LogP contribution >= 0.6 is 0 Å². The molecule has 0 fully saturated rings. The Morgan fingerprint density at radius 1 is 1.48 bits per heavy atom. The number of anilines is 1. The maximum atomic E-state index is 13.8. The van der Waals surface area contributed by atoms with Gasteiger partial charge in [0.15, 0.2) is 0 Å². The van der Waals surface area contributed by atoms with Gasteiger partial charge >= 0.3 is 0 Å². The summed E-state index contributed by atoms with van der Waals surface area (Å²) in [7, 11) is 1.68. The first kappa shape index (κ1) is 14.8. The number of aromatic nitrogens is 2. The zero-order chi connectivity index (χ0) is 15.4. The summed E-state index contributed by atoms with van der Waals surface area (Å²) in [6, 6.07) is 5.65. The maximum Gasteiger partial charge on any atom is 0.259 e. The van der Waals surface area contributed by atoms with Crippen LogP contribution < -0.4 is 5.32 Å². The van der Waals surface area contributed by atoms with Gasteiger partial charge in [-0.15, -0.1) is 0 Å². The SMILES string of the molecule is Cc1cc(NC(=O)c2cc(C#CCO)ccc2F)n(C)n1. The van der Waals surface area contributed by atoms with E-state index in [1.807, 2.05) is 0 Å². The van der Waals surface area contributed by atoms with Crippen molar-refractivity contribution in [2.75, 3.05) is 11.9 Å². The average molecular weight is 287 g/mol. The Bertz CT molecular complexity index is 741. The smallest absolute Gasteiger partial charge is 0.259 e. The maximum absolute atomic E-state index is 13.8. The van der Waals surface area contributed by atoms with E-state index in [9.17, 15) is 9.18 Å². The molecule has 0 aliphatic carbocycles. The average Bonchev–Trinajstić information content (AvgIpc) is 2.75. The summed E-state index contributed by atoms with van der Waals surface area (Å²) >= 11 is 0. The number of halogens is 1. The Morgan fingerprint density at radius 2 is 2.24 bits per heavy atom. The number of nitrogens with zero attached hydrogens (tertiary/aromatic N) is 2. The predicted molar refractivity (Wildman–Crippen MR) is 76.3 cm³/mol. The number of rotatable bonds is 2. The molecule has 5 nitrogen and oxygen atoms in total. The minimum atomic E-state index is -0.638. The minimum Gasteiger partial charge on any atom is -0.384 e. The highest BCUT2D eigenvalue weighted by atomic mass is 19.1. The topological polar surface area (TPSA) is 67.2 Å². The summed E-state index contributed by atoms with van der Waals surface area (Å²) in [4.78, 5) is 12.1. The third kappa shape index (κ3) is 3.46. The van der Waals surface area contributed by atoms with E-state index in [4.69, 9.17) is 5.11 Å². The number of nitrogens with one attached hydrogen (secondary N) is 1. The van der Waals surface area contributed by atoms with Crippen molar-refractivity contribution in [3.8, 4) is 11.8 Å². The molecule has 0 saturated heterocycles. The van der Waals surface area contributed by atoms with Crippen LogP contribution in [0.4, 0.5) is 10.2 Å². The first-order chi connectivity index (χ1) is 10.0. The van der Waals surface area contributed by atoms with Gasteiger partial charge in [-0.05, 0) is 25.1 Å². The van der Waals surface area contributed by atoms with Crippen LogP contribution in [-0.4, -0.2) is 27.4 Å². The molecule has 0 bridgehead atoms. The van der Waals surface area contributed by atoms with E-state index >= 15 is 0 Å². The molecule has 1 aromatic carbocycles. The molecule has 1 aromatic heterocycles. The van der Waals surface area contributed by atoms with Crippen molar-refractivity contribution in [3.63, 3.8) is 0 Å². The number of carbonyl (C=O) groups is 1. The van der Waals surface area contributed by atoms with E-state index in [0.29, 0.717) is 11.4 Å². The number of aryl methyl sites for hydroxylation is 2. The van der Waals surface area contributed by atoms with Crippen LogP contribution in [0.25, 0.3) is 0 Å². The number of hydrogen-bond donors (Lipinski definition) is 2. The summed E-state index contributed by atoms with van der Waals surface area (Å²) in [5, 5.41) is 15.3. The Hall–Kier alpha value is -2.65. The van der Waals surface area contributed by atoms with Gasteiger partial charge in [-0.3, -0.25) is 9.48 Å². The Balaban J connectivity index is 2.28. The molecule has 1 heterocycles. The van der Waals surface area contributed by atoms with Crippen LogP contribution in [0.15, 0.2) is 24.3 Å². The summed E-state index contributed by atoms with van der Waals surface area (Å²) < 4.78 is 15.3. The van der Waals surface area contributed by atoms with Crippen LogP contribution in [0.1, 0.15) is 21.6 Å². The highest BCUT2D eigenvalue weighted by molar-refractivity contribution is 6.04. The zero-order valence-corrected chi connectivity index (χ0v) is 11.6. The molecule has 2 rings (SSSR count). The standard InChI is InChI=1S/C15H14FN3O2/c1-10-8-14(19(2)18-10)17-15(21)12-9-11(4-3-7-20)5-6-13(12)16/h5-6,8-9,20H,7H2,1-2H3,(H,17,21). The molecule has 0 spiro atoms. The second-order valence-electron chi connectivity index (χ2n) is 4.40. The van der Waals surface area contributed by atoms with Gasteiger partial charge in [0.1, 0.15) is 18.2 Å². The lowest BCUT2D eigenvalue weighted by Gasteiger charge is -2.06. The van der Waals surface area contributed by atoms with Crippen molar-refractivity contribution in [3.05, 3.63) is 46.9 Å². The Morgan fingerprint density at radius 3 is 2.86 bits per heavy atom.